The Morgan fingerprint density at radius 3 is 2.50 bits per heavy atom. The molecule has 0 heterocycles. The molecule has 0 fully saturated rings. The SMILES string of the molecule is [CH2-]CSCC(=O)NCCC[N+](C)(C)CC(=O)[O-].[Rf]. The van der Waals surface area contributed by atoms with Crippen molar-refractivity contribution in [3.8, 4) is 0 Å². The molecule has 18 heavy (non-hydrogen) atoms. The first-order chi connectivity index (χ1) is 7.87. The van der Waals surface area contributed by atoms with Gasteiger partial charge in [-0.25, -0.2) is 0 Å². The molecular weight excluding hydrogens is 507 g/mol. The molecule has 0 aromatic heterocycles. The van der Waals surface area contributed by atoms with Crippen molar-refractivity contribution in [2.45, 2.75) is 6.42 Å². The van der Waals surface area contributed by atoms with Crippen LogP contribution in [0.4, 0.5) is 0 Å². The van der Waals surface area contributed by atoms with E-state index in [1.165, 1.54) is 11.8 Å². The van der Waals surface area contributed by atoms with E-state index in [9.17, 15) is 14.7 Å². The number of quaternary nitrogens is 1. The van der Waals surface area contributed by atoms with Crippen LogP contribution in [-0.2, 0) is 9.59 Å². The summed E-state index contributed by atoms with van der Waals surface area (Å²) in [6, 6.07) is 0. The molecule has 0 aromatic rings. The molecule has 1 amide bonds. The van der Waals surface area contributed by atoms with Crippen LogP contribution in [0.3, 0.4) is 0 Å². The third-order valence-electron chi connectivity index (χ3n) is 2.20. The summed E-state index contributed by atoms with van der Waals surface area (Å²) in [6.45, 7) is 4.89. The fourth-order valence-electron chi connectivity index (χ4n) is 1.38. The number of nitrogens with zero attached hydrogens (tertiary/aromatic N) is 1. The average molecular weight is 528 g/mol. The molecular formula is C11H21N2O3RfS-. The number of aliphatic carboxylic acids is 1. The van der Waals surface area contributed by atoms with Crippen LogP contribution < -0.4 is 10.4 Å². The molecule has 0 spiro atoms. The second-order valence-electron chi connectivity index (χ2n) is 4.45. The Bertz CT molecular complexity index is 263. The Morgan fingerprint density at radius 2 is 2.00 bits per heavy atom. The second kappa shape index (κ2) is 9.30. The van der Waals surface area contributed by atoms with Gasteiger partial charge in [-0.15, -0.1) is 5.75 Å². The average Bonchev–Trinajstić information content (AvgIpc) is 2.19. The van der Waals surface area contributed by atoms with Gasteiger partial charge in [0.15, 0.2) is 0 Å². The van der Waals surface area contributed by atoms with E-state index in [-0.39, 0.29) is 12.5 Å². The minimum atomic E-state index is -1.05. The maximum atomic E-state index is 11.2. The van der Waals surface area contributed by atoms with Crippen LogP contribution in [0.25, 0.3) is 0 Å². The van der Waals surface area contributed by atoms with E-state index >= 15 is 0 Å². The predicted octanol–water partition coefficient (Wildman–Crippen LogP) is -1.11. The first-order valence-corrected chi connectivity index (χ1v) is 6.68. The summed E-state index contributed by atoms with van der Waals surface area (Å²) in [4.78, 5) is 21.7. The third-order valence-corrected chi connectivity index (χ3v) is 2.95. The normalized spacial score (nSPS) is 10.6. The Morgan fingerprint density at radius 1 is 1.39 bits per heavy atom. The largest absolute Gasteiger partial charge is 0.544 e. The monoisotopic (exact) mass is 528 g/mol. The van der Waals surface area contributed by atoms with Crippen molar-refractivity contribution in [2.75, 3.05) is 45.2 Å². The standard InChI is InChI=1S/C11H22N2O3S.Rf/c1-4-17-9-10(14)12-6-5-7-13(2,3)8-11(15)16;/h1,4-9H2,2-3H3,(H,12,14)(H,15,16);/p-1. The number of hydrogen-bond acceptors (Lipinski definition) is 4. The number of rotatable bonds is 9. The van der Waals surface area contributed by atoms with Crippen molar-refractivity contribution < 1.29 is 19.2 Å². The van der Waals surface area contributed by atoms with E-state index in [0.717, 1.165) is 6.42 Å². The van der Waals surface area contributed by atoms with Crippen LogP contribution in [0.1, 0.15) is 6.42 Å². The fourth-order valence-corrected chi connectivity index (χ4v) is 1.81. The first-order valence-electron chi connectivity index (χ1n) is 5.53. The number of likely N-dealkylation sites (N-methyl/N-ethyl adjacent to an activating group) is 1. The van der Waals surface area contributed by atoms with Gasteiger partial charge >= 0.3 is 0 Å². The number of carboxylic acid groups (broad SMARTS) is 1. The van der Waals surface area contributed by atoms with E-state index in [1.807, 2.05) is 14.1 Å². The van der Waals surface area contributed by atoms with Crippen LogP contribution in [0, 0.1) is 6.92 Å². The van der Waals surface area contributed by atoms with Crippen molar-refractivity contribution in [2.24, 2.45) is 0 Å². The molecule has 5 nitrogen and oxygen atoms in total. The van der Waals surface area contributed by atoms with Gasteiger partial charge in [-0.2, -0.15) is 11.8 Å². The van der Waals surface area contributed by atoms with Crippen molar-refractivity contribution in [1.82, 2.24) is 5.32 Å². The number of hydrogen-bond donors (Lipinski definition) is 1. The molecule has 1 N–H and O–H groups in total. The van der Waals surface area contributed by atoms with Crippen LogP contribution >= 0.6 is 11.8 Å². The molecule has 0 aliphatic heterocycles. The van der Waals surface area contributed by atoms with E-state index in [2.05, 4.69) is 12.2 Å². The van der Waals surface area contributed by atoms with Crippen LogP contribution in [-0.4, -0.2) is 61.6 Å². The maximum absolute atomic E-state index is 11.2. The van der Waals surface area contributed by atoms with Gasteiger partial charge < -0.3 is 26.6 Å². The molecule has 0 radical (unpaired) electrons. The zero-order valence-electron chi connectivity index (χ0n) is 11.2. The minimum Gasteiger partial charge on any atom is -0.544 e. The number of amides is 1. The molecule has 0 unspecified atom stereocenters. The molecule has 7 heteroatoms. The van der Waals surface area contributed by atoms with Gasteiger partial charge in [-0.1, -0.05) is 0 Å². The van der Waals surface area contributed by atoms with Crippen LogP contribution in [0.5, 0.6) is 0 Å². The molecule has 0 rings (SSSR count). The Kier molecular flexibility index (Phi) is 9.61. The Hall–Kier alpha value is -1.75. The van der Waals surface area contributed by atoms with Gasteiger partial charge in [0, 0.05) is 13.0 Å². The van der Waals surface area contributed by atoms with Crippen molar-refractivity contribution in [1.29, 1.82) is 0 Å². The number of carbonyl (C=O) groups excluding carboxylic acids is 2. The van der Waals surface area contributed by atoms with Gasteiger partial charge in [0.2, 0.25) is 5.91 Å². The number of carbonyl (C=O) groups is 2. The summed E-state index contributed by atoms with van der Waals surface area (Å²) in [5, 5.41) is 13.3. The predicted molar refractivity (Wildman–Crippen MR) is 67.2 cm³/mol. The van der Waals surface area contributed by atoms with Gasteiger partial charge in [-0.05, 0) is 0 Å². The fraction of sp³-hybridized carbons (Fsp3) is 0.727. The van der Waals surface area contributed by atoms with Gasteiger partial charge in [0.25, 0.3) is 0 Å². The molecule has 0 aliphatic carbocycles. The summed E-state index contributed by atoms with van der Waals surface area (Å²) in [5.74, 6) is 0.0683. The molecule has 0 saturated heterocycles. The number of thioether (sulfide) groups is 1. The summed E-state index contributed by atoms with van der Waals surface area (Å²) in [7, 11) is 3.66. The van der Waals surface area contributed by atoms with E-state index in [0.29, 0.717) is 29.1 Å². The van der Waals surface area contributed by atoms with Crippen molar-refractivity contribution in [3.05, 3.63) is 6.92 Å². The van der Waals surface area contributed by atoms with Crippen molar-refractivity contribution in [3.63, 3.8) is 0 Å². The zero-order valence-corrected chi connectivity index (χ0v) is 18.5. The van der Waals surface area contributed by atoms with Crippen LogP contribution in [0.15, 0.2) is 0 Å². The van der Waals surface area contributed by atoms with Gasteiger partial charge in [0.1, 0.15) is 6.54 Å². The summed E-state index contributed by atoms with van der Waals surface area (Å²) < 4.78 is 0.367. The van der Waals surface area contributed by atoms with Crippen LogP contribution in [0.2, 0.25) is 0 Å². The molecule has 0 aliphatic rings. The van der Waals surface area contributed by atoms with E-state index in [4.69, 9.17) is 0 Å². The Labute approximate surface area is 107 Å². The van der Waals surface area contributed by atoms with Gasteiger partial charge in [0.05, 0.1) is 32.4 Å². The third kappa shape index (κ3) is 10.8. The zero-order chi connectivity index (χ0) is 13.3. The molecule has 0 bridgehead atoms. The topological polar surface area (TPSA) is 69.2 Å². The van der Waals surface area contributed by atoms with E-state index < -0.39 is 5.97 Å². The smallest absolute Gasteiger partial charge is 0.229 e. The first kappa shape index (κ1) is 18.6. The maximum Gasteiger partial charge on any atom is 0.229 e. The summed E-state index contributed by atoms with van der Waals surface area (Å²) in [6.07, 6.45) is 0.751. The second-order valence-corrected chi connectivity index (χ2v) is 5.55. The molecule has 0 atom stereocenters. The minimum absolute atomic E-state index is 0. The van der Waals surface area contributed by atoms with Gasteiger partial charge in [-0.3, -0.25) is 4.79 Å². The summed E-state index contributed by atoms with van der Waals surface area (Å²) >= 11 is 1.48. The quantitative estimate of drug-likeness (QED) is 0.234. The summed E-state index contributed by atoms with van der Waals surface area (Å²) in [5.41, 5.74) is 0. The molecule has 0 saturated carbocycles. The van der Waals surface area contributed by atoms with E-state index in [1.54, 1.807) is 0 Å². The molecule has 102 valence electrons. The molecule has 0 aromatic carbocycles. The Balaban J connectivity index is 0. The number of carboxylic acids is 1. The van der Waals surface area contributed by atoms with Crippen molar-refractivity contribution >= 4 is 23.6 Å². The number of nitrogens with one attached hydrogen (secondary N) is 1.